The highest BCUT2D eigenvalue weighted by Crippen LogP contribution is 2.21. The summed E-state index contributed by atoms with van der Waals surface area (Å²) < 4.78 is 0. The molecule has 1 atom stereocenters. The minimum atomic E-state index is 0.428. The fourth-order valence-corrected chi connectivity index (χ4v) is 2.01. The van der Waals surface area contributed by atoms with Gasteiger partial charge in [0.2, 0.25) is 0 Å². The molecule has 0 amide bonds. The number of amidine groups is 1. The molecule has 0 aromatic carbocycles. The van der Waals surface area contributed by atoms with Crippen LogP contribution in [-0.2, 0) is 0 Å². The smallest absolute Gasteiger partial charge is 0.114 e. The Kier molecular flexibility index (Phi) is 5.09. The van der Waals surface area contributed by atoms with Crippen LogP contribution in [0.15, 0.2) is 4.99 Å². The van der Waals surface area contributed by atoms with Crippen LogP contribution in [0.4, 0.5) is 0 Å². The van der Waals surface area contributed by atoms with Crippen molar-refractivity contribution in [3.8, 4) is 0 Å². The molecule has 88 valence electrons. The Morgan fingerprint density at radius 2 is 1.80 bits per heavy atom. The Labute approximate surface area is 93.5 Å². The Bertz CT molecular complexity index is 205. The molecular formula is C12H25N3. The molecule has 1 rings (SSSR count). The highest BCUT2D eigenvalue weighted by Gasteiger charge is 2.17. The molecule has 3 heteroatoms. The van der Waals surface area contributed by atoms with E-state index in [9.17, 15) is 0 Å². The zero-order valence-electron chi connectivity index (χ0n) is 10.3. The monoisotopic (exact) mass is 211 g/mol. The maximum Gasteiger partial charge on any atom is 0.114 e. The lowest BCUT2D eigenvalue weighted by atomic mass is 9.94. The number of hydrogen-bond donors (Lipinski definition) is 2. The average molecular weight is 211 g/mol. The van der Waals surface area contributed by atoms with Crippen molar-refractivity contribution in [3.05, 3.63) is 0 Å². The van der Waals surface area contributed by atoms with Crippen molar-refractivity contribution >= 4 is 5.84 Å². The number of nitrogens with zero attached hydrogens (tertiary/aromatic N) is 1. The first-order valence-electron chi connectivity index (χ1n) is 6.19. The van der Waals surface area contributed by atoms with E-state index >= 15 is 0 Å². The molecule has 1 aliphatic carbocycles. The third-order valence-electron chi connectivity index (χ3n) is 3.48. The molecule has 0 heterocycles. The van der Waals surface area contributed by atoms with Crippen LogP contribution in [0, 0.1) is 11.8 Å². The second-order valence-electron chi connectivity index (χ2n) is 4.98. The molecule has 0 spiro atoms. The van der Waals surface area contributed by atoms with Crippen molar-refractivity contribution in [1.82, 2.24) is 5.43 Å². The predicted molar refractivity (Wildman–Crippen MR) is 65.6 cm³/mol. The van der Waals surface area contributed by atoms with E-state index in [1.54, 1.807) is 0 Å². The van der Waals surface area contributed by atoms with Crippen LogP contribution >= 0.6 is 0 Å². The number of aliphatic imine (C=N–C) groups is 1. The molecule has 0 radical (unpaired) electrons. The SMILES string of the molecule is CC(C)C(C)C(=NC1CCCCC1)NN. The Morgan fingerprint density at radius 1 is 1.20 bits per heavy atom. The zero-order chi connectivity index (χ0) is 11.3. The van der Waals surface area contributed by atoms with Gasteiger partial charge in [0.25, 0.3) is 0 Å². The number of nitrogens with one attached hydrogen (secondary N) is 1. The van der Waals surface area contributed by atoms with Crippen molar-refractivity contribution in [3.63, 3.8) is 0 Å². The van der Waals surface area contributed by atoms with Gasteiger partial charge in [0, 0.05) is 5.92 Å². The molecular weight excluding hydrogens is 186 g/mol. The van der Waals surface area contributed by atoms with Crippen LogP contribution in [0.25, 0.3) is 0 Å². The highest BCUT2D eigenvalue weighted by molar-refractivity contribution is 5.84. The van der Waals surface area contributed by atoms with E-state index in [2.05, 4.69) is 26.2 Å². The second-order valence-corrected chi connectivity index (χ2v) is 4.98. The van der Waals surface area contributed by atoms with E-state index < -0.39 is 0 Å². The van der Waals surface area contributed by atoms with E-state index in [1.807, 2.05) is 0 Å². The Hall–Kier alpha value is -0.570. The number of hydrogen-bond acceptors (Lipinski definition) is 2. The molecule has 0 aromatic heterocycles. The van der Waals surface area contributed by atoms with E-state index in [-0.39, 0.29) is 0 Å². The third-order valence-corrected chi connectivity index (χ3v) is 3.48. The van der Waals surface area contributed by atoms with Crippen molar-refractivity contribution in [1.29, 1.82) is 0 Å². The minimum Gasteiger partial charge on any atom is -0.312 e. The highest BCUT2D eigenvalue weighted by atomic mass is 15.3. The van der Waals surface area contributed by atoms with Gasteiger partial charge in [0.15, 0.2) is 0 Å². The maximum atomic E-state index is 5.55. The maximum absolute atomic E-state index is 5.55. The van der Waals surface area contributed by atoms with Gasteiger partial charge in [0.05, 0.1) is 6.04 Å². The number of hydrazine groups is 1. The fourth-order valence-electron chi connectivity index (χ4n) is 2.01. The van der Waals surface area contributed by atoms with Gasteiger partial charge < -0.3 is 5.43 Å². The molecule has 0 bridgehead atoms. The van der Waals surface area contributed by atoms with Gasteiger partial charge >= 0.3 is 0 Å². The average Bonchev–Trinajstić information content (AvgIpc) is 2.26. The largest absolute Gasteiger partial charge is 0.312 e. The molecule has 3 nitrogen and oxygen atoms in total. The Morgan fingerprint density at radius 3 is 2.27 bits per heavy atom. The van der Waals surface area contributed by atoms with Crippen LogP contribution in [0.1, 0.15) is 52.9 Å². The summed E-state index contributed by atoms with van der Waals surface area (Å²) in [5.74, 6) is 7.55. The van der Waals surface area contributed by atoms with Crippen molar-refractivity contribution in [2.24, 2.45) is 22.7 Å². The lowest BCUT2D eigenvalue weighted by Crippen LogP contribution is -2.38. The van der Waals surface area contributed by atoms with Gasteiger partial charge in [-0.2, -0.15) is 0 Å². The summed E-state index contributed by atoms with van der Waals surface area (Å²) in [7, 11) is 0. The summed E-state index contributed by atoms with van der Waals surface area (Å²) in [6, 6.07) is 0.506. The molecule has 0 aliphatic heterocycles. The fraction of sp³-hybridized carbons (Fsp3) is 0.917. The lowest BCUT2D eigenvalue weighted by Gasteiger charge is -2.23. The molecule has 0 aromatic rings. The first-order valence-corrected chi connectivity index (χ1v) is 6.19. The van der Waals surface area contributed by atoms with Crippen molar-refractivity contribution < 1.29 is 0 Å². The van der Waals surface area contributed by atoms with E-state index in [0.717, 1.165) is 5.84 Å². The summed E-state index contributed by atoms with van der Waals surface area (Å²) >= 11 is 0. The van der Waals surface area contributed by atoms with Gasteiger partial charge in [0.1, 0.15) is 5.84 Å². The van der Waals surface area contributed by atoms with Crippen LogP contribution in [0.3, 0.4) is 0 Å². The summed E-state index contributed by atoms with van der Waals surface area (Å²) in [5.41, 5.74) is 2.78. The van der Waals surface area contributed by atoms with Gasteiger partial charge in [-0.25, -0.2) is 5.84 Å². The van der Waals surface area contributed by atoms with Gasteiger partial charge in [-0.05, 0) is 18.8 Å². The van der Waals surface area contributed by atoms with Crippen LogP contribution < -0.4 is 11.3 Å². The van der Waals surface area contributed by atoms with Crippen LogP contribution in [0.2, 0.25) is 0 Å². The van der Waals surface area contributed by atoms with Gasteiger partial charge in [-0.3, -0.25) is 4.99 Å². The van der Waals surface area contributed by atoms with Crippen LogP contribution in [0.5, 0.6) is 0 Å². The number of nitrogens with two attached hydrogens (primary N) is 1. The first kappa shape index (κ1) is 12.5. The molecule has 0 saturated heterocycles. The molecule has 3 N–H and O–H groups in total. The zero-order valence-corrected chi connectivity index (χ0v) is 10.3. The molecule has 15 heavy (non-hydrogen) atoms. The van der Waals surface area contributed by atoms with E-state index in [1.165, 1.54) is 32.1 Å². The van der Waals surface area contributed by atoms with E-state index in [4.69, 9.17) is 10.8 Å². The molecule has 1 saturated carbocycles. The van der Waals surface area contributed by atoms with Crippen molar-refractivity contribution in [2.45, 2.75) is 58.9 Å². The normalized spacial score (nSPS) is 21.8. The summed E-state index contributed by atoms with van der Waals surface area (Å²) in [5, 5.41) is 0. The van der Waals surface area contributed by atoms with E-state index in [0.29, 0.717) is 17.9 Å². The predicted octanol–water partition coefficient (Wildman–Crippen LogP) is 2.47. The topological polar surface area (TPSA) is 50.4 Å². The molecule has 1 fully saturated rings. The Balaban J connectivity index is 2.58. The summed E-state index contributed by atoms with van der Waals surface area (Å²) in [4.78, 5) is 4.76. The number of rotatable bonds is 3. The quantitative estimate of drug-likeness (QED) is 0.326. The molecule has 1 aliphatic rings. The molecule has 1 unspecified atom stereocenters. The first-order chi connectivity index (χ1) is 7.15. The lowest BCUT2D eigenvalue weighted by molar-refractivity contribution is 0.435. The third kappa shape index (κ3) is 3.82. The van der Waals surface area contributed by atoms with Gasteiger partial charge in [-0.1, -0.05) is 40.0 Å². The summed E-state index contributed by atoms with van der Waals surface area (Å²) in [6.07, 6.45) is 6.48. The minimum absolute atomic E-state index is 0.428. The van der Waals surface area contributed by atoms with Crippen LogP contribution in [-0.4, -0.2) is 11.9 Å². The van der Waals surface area contributed by atoms with Gasteiger partial charge in [-0.15, -0.1) is 0 Å². The summed E-state index contributed by atoms with van der Waals surface area (Å²) in [6.45, 7) is 6.60. The second kappa shape index (κ2) is 6.11. The van der Waals surface area contributed by atoms with Crippen molar-refractivity contribution in [2.75, 3.05) is 0 Å². The standard InChI is InChI=1S/C12H25N3/c1-9(2)10(3)12(15-13)14-11-7-5-4-6-8-11/h9-11H,4-8,13H2,1-3H3,(H,14,15).